The van der Waals surface area contributed by atoms with Crippen molar-refractivity contribution in [3.8, 4) is 5.75 Å². The van der Waals surface area contributed by atoms with Crippen LogP contribution in [0.4, 0.5) is 10.8 Å². The lowest BCUT2D eigenvalue weighted by Crippen LogP contribution is -2.29. The summed E-state index contributed by atoms with van der Waals surface area (Å²) >= 11 is 0.852. The van der Waals surface area contributed by atoms with Crippen molar-refractivity contribution in [1.82, 2.24) is 4.98 Å². The zero-order valence-corrected chi connectivity index (χ0v) is 23.2. The second-order valence-corrected chi connectivity index (χ2v) is 10.0. The number of carbonyl (C=O) groups excluding carboxylic acids is 3. The van der Waals surface area contributed by atoms with Gasteiger partial charge in [-0.15, -0.1) is 0 Å². The van der Waals surface area contributed by atoms with Gasteiger partial charge >= 0.3 is 11.9 Å². The van der Waals surface area contributed by atoms with Crippen molar-refractivity contribution >= 4 is 45.6 Å². The Morgan fingerprint density at radius 2 is 1.88 bits per heavy atom. The molecule has 12 heteroatoms. The minimum atomic E-state index is -1.18. The number of carbonyl (C=O) groups is 3. The minimum Gasteiger partial charge on any atom is -0.507 e. The van der Waals surface area contributed by atoms with Crippen molar-refractivity contribution in [2.75, 3.05) is 18.1 Å². The summed E-state index contributed by atoms with van der Waals surface area (Å²) in [5, 5.41) is 22.6. The molecule has 41 heavy (non-hydrogen) atoms. The molecule has 0 bridgehead atoms. The molecule has 1 unspecified atom stereocenters. The predicted octanol–water partition coefficient (Wildman–Crippen LogP) is 5.51. The molecule has 0 aliphatic carbocycles. The topological polar surface area (TPSA) is 149 Å². The molecule has 212 valence electrons. The van der Waals surface area contributed by atoms with Crippen molar-refractivity contribution in [1.29, 1.82) is 0 Å². The van der Waals surface area contributed by atoms with Gasteiger partial charge in [0, 0.05) is 17.7 Å². The van der Waals surface area contributed by atoms with Gasteiger partial charge < -0.3 is 14.6 Å². The molecule has 1 saturated heterocycles. The Kier molecular flexibility index (Phi) is 8.93. The van der Waals surface area contributed by atoms with Crippen LogP contribution in [0.5, 0.6) is 5.75 Å². The number of nitrogens with zero attached hydrogens (tertiary/aromatic N) is 3. The number of anilines is 1. The van der Waals surface area contributed by atoms with Crippen LogP contribution in [0.25, 0.3) is 5.76 Å². The Morgan fingerprint density at radius 3 is 2.49 bits per heavy atom. The number of non-ortho nitro benzene ring substituents is 1. The first-order chi connectivity index (χ1) is 19.7. The van der Waals surface area contributed by atoms with Crippen molar-refractivity contribution in [2.24, 2.45) is 0 Å². The number of nitro groups is 1. The number of aromatic nitrogens is 1. The Hall–Kier alpha value is -4.84. The maximum atomic E-state index is 13.4. The second-order valence-electron chi connectivity index (χ2n) is 9.04. The SMILES string of the molecule is C=CCOC(=O)c1sc(N2C(=O)C(=O)C(=C(O)c3ccc(OCCCC)cc3)C2c2ccc([N+](=O)[O-])cc2)nc1C. The average Bonchev–Trinajstić information content (AvgIpc) is 3.48. The third kappa shape index (κ3) is 6.02. The molecular weight excluding hydrogens is 550 g/mol. The minimum absolute atomic E-state index is 0.0252. The van der Waals surface area contributed by atoms with E-state index in [2.05, 4.69) is 11.6 Å². The van der Waals surface area contributed by atoms with Crippen LogP contribution in [-0.2, 0) is 14.3 Å². The molecule has 1 amide bonds. The molecule has 1 aliphatic heterocycles. The van der Waals surface area contributed by atoms with Crippen LogP contribution in [0.15, 0.2) is 66.8 Å². The van der Waals surface area contributed by atoms with E-state index in [9.17, 15) is 29.6 Å². The Balaban J connectivity index is 1.81. The van der Waals surface area contributed by atoms with E-state index in [-0.39, 0.29) is 39.1 Å². The van der Waals surface area contributed by atoms with Crippen LogP contribution >= 0.6 is 11.3 Å². The van der Waals surface area contributed by atoms with E-state index in [1.165, 1.54) is 30.3 Å². The highest BCUT2D eigenvalue weighted by atomic mass is 32.1. The fourth-order valence-electron chi connectivity index (χ4n) is 4.20. The van der Waals surface area contributed by atoms with Gasteiger partial charge in [-0.25, -0.2) is 9.78 Å². The second kappa shape index (κ2) is 12.6. The number of aliphatic hydroxyl groups is 1. The lowest BCUT2D eigenvalue weighted by Gasteiger charge is -2.23. The summed E-state index contributed by atoms with van der Waals surface area (Å²) in [6.07, 6.45) is 3.26. The molecule has 0 saturated carbocycles. The Bertz CT molecular complexity index is 1530. The summed E-state index contributed by atoms with van der Waals surface area (Å²) in [6, 6.07) is 10.5. The summed E-state index contributed by atoms with van der Waals surface area (Å²) < 4.78 is 10.8. The van der Waals surface area contributed by atoms with Crippen LogP contribution < -0.4 is 9.64 Å². The smallest absolute Gasteiger partial charge is 0.350 e. The van der Waals surface area contributed by atoms with E-state index in [0.717, 1.165) is 29.1 Å². The largest absolute Gasteiger partial charge is 0.507 e. The van der Waals surface area contributed by atoms with Crippen LogP contribution in [-0.4, -0.2) is 45.9 Å². The highest BCUT2D eigenvalue weighted by Gasteiger charge is 2.48. The van der Waals surface area contributed by atoms with Gasteiger partial charge in [0.05, 0.1) is 28.8 Å². The molecule has 1 N–H and O–H groups in total. The fraction of sp³-hybridized carbons (Fsp3) is 0.241. The van der Waals surface area contributed by atoms with Crippen LogP contribution in [0.1, 0.15) is 52.3 Å². The van der Waals surface area contributed by atoms with Crippen LogP contribution in [0.2, 0.25) is 0 Å². The van der Waals surface area contributed by atoms with E-state index >= 15 is 0 Å². The number of benzene rings is 2. The Labute approximate surface area is 239 Å². The van der Waals surface area contributed by atoms with Crippen LogP contribution in [0, 0.1) is 17.0 Å². The normalized spacial score (nSPS) is 16.0. The molecule has 1 fully saturated rings. The zero-order valence-electron chi connectivity index (χ0n) is 22.4. The molecule has 0 radical (unpaired) electrons. The third-order valence-electron chi connectivity index (χ3n) is 6.27. The van der Waals surface area contributed by atoms with Gasteiger partial charge in [0.25, 0.3) is 11.5 Å². The number of nitro benzene ring substituents is 1. The first-order valence-electron chi connectivity index (χ1n) is 12.7. The monoisotopic (exact) mass is 577 g/mol. The van der Waals surface area contributed by atoms with Crippen molar-refractivity contribution in [3.05, 3.63) is 98.6 Å². The van der Waals surface area contributed by atoms with Crippen molar-refractivity contribution < 1.29 is 33.9 Å². The summed E-state index contributed by atoms with van der Waals surface area (Å²) in [5.41, 5.74) is 0.442. The summed E-state index contributed by atoms with van der Waals surface area (Å²) in [5.74, 6) is -2.48. The standard InChI is InChI=1S/C29H27N3O8S/c1-4-6-16-39-21-13-9-19(10-14-21)24(33)22-23(18-7-11-20(12-8-18)32(37)38)31(27(35)25(22)34)29-30-17(3)26(41-29)28(36)40-15-5-2/h5,7-14,23,33H,2,4,6,15-16H2,1,3H3. The molecule has 1 aromatic heterocycles. The highest BCUT2D eigenvalue weighted by molar-refractivity contribution is 7.17. The number of hydrogen-bond acceptors (Lipinski definition) is 10. The lowest BCUT2D eigenvalue weighted by atomic mass is 9.95. The molecule has 2 heterocycles. The number of unbranched alkanes of at least 4 members (excludes halogenated alkanes) is 1. The van der Waals surface area contributed by atoms with Crippen molar-refractivity contribution in [2.45, 2.75) is 32.7 Å². The van der Waals surface area contributed by atoms with Crippen LogP contribution in [0.3, 0.4) is 0 Å². The maximum Gasteiger partial charge on any atom is 0.350 e. The number of esters is 1. The average molecular weight is 578 g/mol. The number of amides is 1. The third-order valence-corrected chi connectivity index (χ3v) is 7.40. The first kappa shape index (κ1) is 29.2. The van der Waals surface area contributed by atoms with Gasteiger partial charge in [0.2, 0.25) is 0 Å². The summed E-state index contributed by atoms with van der Waals surface area (Å²) in [7, 11) is 0. The van der Waals surface area contributed by atoms with Gasteiger partial charge in [0.15, 0.2) is 5.13 Å². The van der Waals surface area contributed by atoms with E-state index in [1.54, 1.807) is 31.2 Å². The van der Waals surface area contributed by atoms with Gasteiger partial charge in [-0.2, -0.15) is 0 Å². The number of aliphatic hydroxyl groups excluding tert-OH is 1. The van der Waals surface area contributed by atoms with Gasteiger partial charge in [-0.1, -0.05) is 37.3 Å². The Morgan fingerprint density at radius 1 is 1.20 bits per heavy atom. The molecule has 3 aromatic rings. The van der Waals surface area contributed by atoms with Gasteiger partial charge in [0.1, 0.15) is 23.0 Å². The molecule has 11 nitrogen and oxygen atoms in total. The highest BCUT2D eigenvalue weighted by Crippen LogP contribution is 2.44. The lowest BCUT2D eigenvalue weighted by molar-refractivity contribution is -0.384. The summed E-state index contributed by atoms with van der Waals surface area (Å²) in [6.45, 7) is 7.62. The number of aryl methyl sites for hydroxylation is 1. The zero-order chi connectivity index (χ0) is 29.7. The van der Waals surface area contributed by atoms with E-state index < -0.39 is 34.4 Å². The van der Waals surface area contributed by atoms with E-state index in [0.29, 0.717) is 17.9 Å². The number of hydrogen-bond donors (Lipinski definition) is 1. The summed E-state index contributed by atoms with van der Waals surface area (Å²) in [4.78, 5) is 55.6. The molecular formula is C29H27N3O8S. The molecule has 2 aromatic carbocycles. The van der Waals surface area contributed by atoms with Crippen molar-refractivity contribution in [3.63, 3.8) is 0 Å². The van der Waals surface area contributed by atoms with E-state index in [1.807, 2.05) is 6.92 Å². The maximum absolute atomic E-state index is 13.4. The fourth-order valence-corrected chi connectivity index (χ4v) is 5.18. The number of ketones is 1. The first-order valence-corrected chi connectivity index (χ1v) is 13.5. The number of rotatable bonds is 11. The van der Waals surface area contributed by atoms with E-state index in [4.69, 9.17) is 9.47 Å². The molecule has 1 atom stereocenters. The molecule has 0 spiro atoms. The molecule has 1 aliphatic rings. The van der Waals surface area contributed by atoms with Gasteiger partial charge in [-0.3, -0.25) is 24.6 Å². The quantitative estimate of drug-likeness (QED) is 0.0455. The predicted molar refractivity (Wildman–Crippen MR) is 152 cm³/mol. The molecule has 4 rings (SSSR count). The number of ether oxygens (including phenoxy) is 2. The van der Waals surface area contributed by atoms with Gasteiger partial charge in [-0.05, 0) is 55.3 Å². The number of thiazole rings is 1. The number of Topliss-reactive ketones (excluding diaryl/α,β-unsaturated/α-hetero) is 1.